The van der Waals surface area contributed by atoms with Crippen LogP contribution < -0.4 is 4.90 Å². The molecule has 2 heterocycles. The molecule has 2 aromatic carbocycles. The number of carbonyl (C=O) groups excluding carboxylic acids is 1. The number of pyridine rings is 1. The molecule has 28 heavy (non-hydrogen) atoms. The zero-order valence-electron chi connectivity index (χ0n) is 14.9. The summed E-state index contributed by atoms with van der Waals surface area (Å²) in [5, 5.41) is 0. The number of fused-ring (bicyclic) bond motifs is 1. The Labute approximate surface area is 161 Å². The molecule has 0 fully saturated rings. The molecule has 0 radical (unpaired) electrons. The van der Waals surface area contributed by atoms with Crippen LogP contribution in [0.2, 0.25) is 0 Å². The Morgan fingerprint density at radius 1 is 1.00 bits per heavy atom. The zero-order chi connectivity index (χ0) is 19.9. The molecule has 4 rings (SSSR count). The lowest BCUT2D eigenvalue weighted by atomic mass is 10.1. The van der Waals surface area contributed by atoms with Crippen molar-refractivity contribution in [1.82, 2.24) is 9.29 Å². The maximum absolute atomic E-state index is 13.3. The van der Waals surface area contributed by atoms with Gasteiger partial charge in [0.05, 0.1) is 12.2 Å². The SMILES string of the molecule is Cc1ccc(CN2C(=O)N(c3ccc(F)cc3)c3ncccc3S2(=O)=O)cc1. The Morgan fingerprint density at radius 3 is 2.36 bits per heavy atom. The molecule has 1 aliphatic heterocycles. The lowest BCUT2D eigenvalue weighted by Crippen LogP contribution is -2.48. The molecule has 1 aliphatic rings. The highest BCUT2D eigenvalue weighted by Gasteiger charge is 2.43. The van der Waals surface area contributed by atoms with E-state index in [1.54, 1.807) is 12.1 Å². The van der Waals surface area contributed by atoms with Crippen LogP contribution >= 0.6 is 0 Å². The van der Waals surface area contributed by atoms with Gasteiger partial charge in [0, 0.05) is 6.20 Å². The van der Waals surface area contributed by atoms with E-state index < -0.39 is 21.9 Å². The van der Waals surface area contributed by atoms with Crippen LogP contribution in [0.1, 0.15) is 11.1 Å². The molecule has 0 atom stereocenters. The lowest BCUT2D eigenvalue weighted by Gasteiger charge is -2.35. The molecule has 0 saturated heterocycles. The number of hydrogen-bond donors (Lipinski definition) is 0. The van der Waals surface area contributed by atoms with Crippen LogP contribution in [0.5, 0.6) is 0 Å². The number of anilines is 2. The van der Waals surface area contributed by atoms with Crippen LogP contribution in [0.15, 0.2) is 71.8 Å². The van der Waals surface area contributed by atoms with Gasteiger partial charge in [-0.05, 0) is 48.9 Å². The largest absolute Gasteiger partial charge is 0.344 e. The second kappa shape index (κ2) is 6.72. The molecule has 2 amide bonds. The number of nitrogens with zero attached hydrogens (tertiary/aromatic N) is 3. The summed E-state index contributed by atoms with van der Waals surface area (Å²) in [5.41, 5.74) is 2.03. The molecule has 8 heteroatoms. The van der Waals surface area contributed by atoms with E-state index in [9.17, 15) is 17.6 Å². The van der Waals surface area contributed by atoms with Gasteiger partial charge in [0.1, 0.15) is 10.7 Å². The van der Waals surface area contributed by atoms with Gasteiger partial charge in [0.25, 0.3) is 10.0 Å². The summed E-state index contributed by atoms with van der Waals surface area (Å²) in [6.45, 7) is 1.80. The number of carbonyl (C=O) groups is 1. The van der Waals surface area contributed by atoms with Crippen LogP contribution in [-0.4, -0.2) is 23.7 Å². The number of urea groups is 1. The number of aryl methyl sites for hydroxylation is 1. The summed E-state index contributed by atoms with van der Waals surface area (Å²) in [6.07, 6.45) is 1.41. The van der Waals surface area contributed by atoms with E-state index in [1.165, 1.54) is 47.5 Å². The predicted octanol–water partition coefficient (Wildman–Crippen LogP) is 3.99. The molecule has 0 aliphatic carbocycles. The first kappa shape index (κ1) is 18.1. The third-order valence-corrected chi connectivity index (χ3v) is 6.21. The van der Waals surface area contributed by atoms with Crippen LogP contribution in [0.25, 0.3) is 0 Å². The Balaban J connectivity index is 1.85. The second-order valence-electron chi connectivity index (χ2n) is 6.42. The van der Waals surface area contributed by atoms with Crippen molar-refractivity contribution in [3.63, 3.8) is 0 Å². The van der Waals surface area contributed by atoms with Gasteiger partial charge in [-0.15, -0.1) is 0 Å². The van der Waals surface area contributed by atoms with Gasteiger partial charge in [-0.25, -0.2) is 31.8 Å². The maximum Gasteiger partial charge on any atom is 0.344 e. The fourth-order valence-electron chi connectivity index (χ4n) is 3.01. The van der Waals surface area contributed by atoms with E-state index >= 15 is 0 Å². The van der Waals surface area contributed by atoms with Crippen LogP contribution in [0, 0.1) is 12.7 Å². The van der Waals surface area contributed by atoms with Gasteiger partial charge in [-0.2, -0.15) is 0 Å². The smallest absolute Gasteiger partial charge is 0.246 e. The number of amides is 2. The van der Waals surface area contributed by atoms with Crippen LogP contribution in [0.4, 0.5) is 20.7 Å². The first-order chi connectivity index (χ1) is 13.4. The summed E-state index contributed by atoms with van der Waals surface area (Å²) < 4.78 is 40.3. The van der Waals surface area contributed by atoms with Gasteiger partial charge < -0.3 is 0 Å². The number of aromatic nitrogens is 1. The van der Waals surface area contributed by atoms with Crippen molar-refractivity contribution < 1.29 is 17.6 Å². The summed E-state index contributed by atoms with van der Waals surface area (Å²) in [6, 6.07) is 14.6. The summed E-state index contributed by atoms with van der Waals surface area (Å²) in [7, 11) is -4.08. The van der Waals surface area contributed by atoms with Crippen molar-refractivity contribution in [1.29, 1.82) is 0 Å². The monoisotopic (exact) mass is 397 g/mol. The third-order valence-electron chi connectivity index (χ3n) is 4.47. The Bertz CT molecular complexity index is 1150. The topological polar surface area (TPSA) is 70.6 Å². The number of benzene rings is 2. The second-order valence-corrected chi connectivity index (χ2v) is 8.25. The van der Waals surface area contributed by atoms with Crippen molar-refractivity contribution in [3.8, 4) is 0 Å². The van der Waals surface area contributed by atoms with E-state index in [4.69, 9.17) is 0 Å². The van der Waals surface area contributed by atoms with Crippen LogP contribution in [-0.2, 0) is 16.6 Å². The molecule has 0 spiro atoms. The van der Waals surface area contributed by atoms with Gasteiger partial charge in [-0.1, -0.05) is 29.8 Å². The molecule has 142 valence electrons. The molecule has 0 N–H and O–H groups in total. The van der Waals surface area contributed by atoms with E-state index in [2.05, 4.69) is 4.98 Å². The van der Waals surface area contributed by atoms with Crippen molar-refractivity contribution in [2.75, 3.05) is 4.90 Å². The van der Waals surface area contributed by atoms with Crippen molar-refractivity contribution in [3.05, 3.63) is 83.8 Å². The maximum atomic E-state index is 13.3. The average molecular weight is 397 g/mol. The van der Waals surface area contributed by atoms with Crippen molar-refractivity contribution >= 4 is 27.6 Å². The van der Waals surface area contributed by atoms with Gasteiger partial charge >= 0.3 is 6.03 Å². The molecular weight excluding hydrogens is 381 g/mol. The number of halogens is 1. The highest BCUT2D eigenvalue weighted by atomic mass is 32.2. The van der Waals surface area contributed by atoms with E-state index in [0.29, 0.717) is 11.3 Å². The van der Waals surface area contributed by atoms with Crippen LogP contribution in [0.3, 0.4) is 0 Å². The number of rotatable bonds is 3. The van der Waals surface area contributed by atoms with E-state index in [1.807, 2.05) is 19.1 Å². The van der Waals surface area contributed by atoms with E-state index in [-0.39, 0.29) is 17.3 Å². The highest BCUT2D eigenvalue weighted by molar-refractivity contribution is 7.90. The standard InChI is InChI=1S/C20H16FN3O3S/c1-14-4-6-15(7-5-14)13-23-20(25)24(17-10-8-16(21)9-11-17)19-18(28(23,26)27)3-2-12-22-19/h2-12H,13H2,1H3. The molecule has 1 aromatic heterocycles. The van der Waals surface area contributed by atoms with Gasteiger partial charge in [0.15, 0.2) is 5.82 Å². The minimum Gasteiger partial charge on any atom is -0.246 e. The Morgan fingerprint density at radius 2 is 1.68 bits per heavy atom. The third kappa shape index (κ3) is 3.01. The summed E-state index contributed by atoms with van der Waals surface area (Å²) >= 11 is 0. The average Bonchev–Trinajstić information content (AvgIpc) is 2.68. The number of hydrogen-bond acceptors (Lipinski definition) is 4. The van der Waals surface area contributed by atoms with Gasteiger partial charge in [-0.3, -0.25) is 0 Å². The molecule has 3 aromatic rings. The van der Waals surface area contributed by atoms with Crippen molar-refractivity contribution in [2.24, 2.45) is 0 Å². The fraction of sp³-hybridized carbons (Fsp3) is 0.100. The molecular formula is C20H16FN3O3S. The predicted molar refractivity (Wildman–Crippen MR) is 102 cm³/mol. The Hall–Kier alpha value is -3.26. The fourth-order valence-corrected chi connectivity index (χ4v) is 4.48. The first-order valence-corrected chi connectivity index (χ1v) is 9.95. The number of sulfonamides is 1. The minimum atomic E-state index is -4.08. The normalized spacial score (nSPS) is 15.4. The van der Waals surface area contributed by atoms with Gasteiger partial charge in [0.2, 0.25) is 0 Å². The zero-order valence-corrected chi connectivity index (χ0v) is 15.7. The highest BCUT2D eigenvalue weighted by Crippen LogP contribution is 2.38. The minimum absolute atomic E-state index is 0.000681. The summed E-state index contributed by atoms with van der Waals surface area (Å²) in [4.78, 5) is 18.4. The van der Waals surface area contributed by atoms with E-state index in [0.717, 1.165) is 9.87 Å². The molecule has 0 saturated carbocycles. The van der Waals surface area contributed by atoms with Crippen molar-refractivity contribution in [2.45, 2.75) is 18.4 Å². The first-order valence-electron chi connectivity index (χ1n) is 8.51. The molecule has 0 bridgehead atoms. The molecule has 6 nitrogen and oxygen atoms in total. The molecule has 0 unspecified atom stereocenters. The quantitative estimate of drug-likeness (QED) is 0.670. The lowest BCUT2D eigenvalue weighted by molar-refractivity contribution is 0.229. The Kier molecular flexibility index (Phi) is 4.35. The summed E-state index contributed by atoms with van der Waals surface area (Å²) in [5.74, 6) is -0.460.